The number of pyridine rings is 1. The van der Waals surface area contributed by atoms with Crippen LogP contribution in [0, 0.1) is 5.41 Å². The first-order valence-electron chi connectivity index (χ1n) is 11.2. The van der Waals surface area contributed by atoms with E-state index in [-0.39, 0.29) is 16.8 Å². The number of fused-ring (bicyclic) bond motifs is 1. The Balaban J connectivity index is 1.88. The Hall–Kier alpha value is -4.07. The zero-order valence-electron chi connectivity index (χ0n) is 20.4. The Kier molecular flexibility index (Phi) is 6.39. The number of nitrogens with zero attached hydrogens (tertiary/aromatic N) is 1. The number of hydrogen-bond acceptors (Lipinski definition) is 6. The number of benzene rings is 2. The number of hydrogen-bond donors (Lipinski definition) is 1. The van der Waals surface area contributed by atoms with Gasteiger partial charge in [-0.15, -0.1) is 0 Å². The maximum Gasteiger partial charge on any atom is 0.268 e. The molecule has 1 N–H and O–H groups in total. The molecule has 3 aromatic rings. The standard InChI is InChI=1S/C27H28N2O6/c1-27(2)13-18-19(20(30)14-27)15-29(17-9-7-6-8-10-17)26(32)23(18)25(31)28-16-11-21(33-3)24(35-5)22(12-16)34-4/h6-12,15H,13-14H2,1-5H3,(H,28,31). The average Bonchev–Trinajstić information content (AvgIpc) is 2.82. The van der Waals surface area contributed by atoms with Crippen molar-refractivity contribution in [3.63, 3.8) is 0 Å². The number of anilines is 1. The van der Waals surface area contributed by atoms with E-state index in [0.717, 1.165) is 0 Å². The van der Waals surface area contributed by atoms with Crippen LogP contribution >= 0.6 is 0 Å². The van der Waals surface area contributed by atoms with Gasteiger partial charge in [-0.25, -0.2) is 0 Å². The highest BCUT2D eigenvalue weighted by Crippen LogP contribution is 2.40. The number of amides is 1. The van der Waals surface area contributed by atoms with Gasteiger partial charge in [-0.05, 0) is 29.5 Å². The van der Waals surface area contributed by atoms with Crippen molar-refractivity contribution in [1.82, 2.24) is 4.57 Å². The molecule has 1 aliphatic rings. The van der Waals surface area contributed by atoms with Crippen LogP contribution in [0.5, 0.6) is 17.2 Å². The van der Waals surface area contributed by atoms with Crippen LogP contribution in [0.2, 0.25) is 0 Å². The van der Waals surface area contributed by atoms with Crippen molar-refractivity contribution in [2.75, 3.05) is 26.6 Å². The van der Waals surface area contributed by atoms with Gasteiger partial charge in [0.05, 0.1) is 21.3 Å². The molecule has 8 nitrogen and oxygen atoms in total. The highest BCUT2D eigenvalue weighted by atomic mass is 16.5. The van der Waals surface area contributed by atoms with Gasteiger partial charge in [0.25, 0.3) is 11.5 Å². The van der Waals surface area contributed by atoms with Crippen LogP contribution in [-0.2, 0) is 6.42 Å². The van der Waals surface area contributed by atoms with Crippen LogP contribution in [0.15, 0.2) is 53.5 Å². The molecular formula is C27H28N2O6. The molecule has 0 saturated carbocycles. The van der Waals surface area contributed by atoms with Gasteiger partial charge in [0.15, 0.2) is 17.3 Å². The maximum absolute atomic E-state index is 13.7. The number of carbonyl (C=O) groups excluding carboxylic acids is 2. The van der Waals surface area contributed by atoms with Crippen LogP contribution in [0.3, 0.4) is 0 Å². The molecule has 1 aromatic heterocycles. The second-order valence-corrected chi connectivity index (χ2v) is 9.22. The number of ketones is 1. The third-order valence-electron chi connectivity index (χ3n) is 6.10. The number of nitrogens with one attached hydrogen (secondary N) is 1. The molecule has 0 aliphatic heterocycles. The lowest BCUT2D eigenvalue weighted by Crippen LogP contribution is -2.37. The Morgan fingerprint density at radius 1 is 0.943 bits per heavy atom. The summed E-state index contributed by atoms with van der Waals surface area (Å²) in [6.45, 7) is 3.91. The minimum absolute atomic E-state index is 0.0544. The van der Waals surface area contributed by atoms with Gasteiger partial charge in [-0.2, -0.15) is 0 Å². The van der Waals surface area contributed by atoms with Crippen molar-refractivity contribution in [2.24, 2.45) is 5.41 Å². The van der Waals surface area contributed by atoms with Crippen molar-refractivity contribution in [3.05, 3.63) is 75.7 Å². The molecule has 182 valence electrons. The first kappa shape index (κ1) is 24.1. The lowest BCUT2D eigenvalue weighted by molar-refractivity contribution is 0.0910. The molecule has 1 heterocycles. The second-order valence-electron chi connectivity index (χ2n) is 9.22. The molecule has 0 atom stereocenters. The molecule has 1 amide bonds. The van der Waals surface area contributed by atoms with E-state index >= 15 is 0 Å². The Bertz CT molecular complexity index is 1330. The number of carbonyl (C=O) groups is 2. The van der Waals surface area contributed by atoms with E-state index < -0.39 is 11.5 Å². The molecule has 0 unspecified atom stereocenters. The summed E-state index contributed by atoms with van der Waals surface area (Å²) in [6, 6.07) is 12.1. The number of rotatable bonds is 6. The fourth-order valence-electron chi connectivity index (χ4n) is 4.51. The Morgan fingerprint density at radius 2 is 1.57 bits per heavy atom. The van der Waals surface area contributed by atoms with Gasteiger partial charge in [0.2, 0.25) is 5.75 Å². The fourth-order valence-corrected chi connectivity index (χ4v) is 4.51. The summed E-state index contributed by atoms with van der Waals surface area (Å²) < 4.78 is 17.4. The fraction of sp³-hybridized carbons (Fsp3) is 0.296. The quantitative estimate of drug-likeness (QED) is 0.571. The molecule has 1 aliphatic carbocycles. The minimum Gasteiger partial charge on any atom is -0.493 e. The van der Waals surface area contributed by atoms with Crippen molar-refractivity contribution < 1.29 is 23.8 Å². The highest BCUT2D eigenvalue weighted by Gasteiger charge is 2.36. The van der Waals surface area contributed by atoms with Crippen molar-refractivity contribution in [3.8, 4) is 22.9 Å². The lowest BCUT2D eigenvalue weighted by atomic mass is 9.73. The zero-order chi connectivity index (χ0) is 25.3. The molecule has 0 spiro atoms. The summed E-state index contributed by atoms with van der Waals surface area (Å²) in [7, 11) is 4.44. The first-order chi connectivity index (χ1) is 16.7. The Morgan fingerprint density at radius 3 is 2.14 bits per heavy atom. The van der Waals surface area contributed by atoms with Crippen LogP contribution in [0.25, 0.3) is 5.69 Å². The van der Waals surface area contributed by atoms with Gasteiger partial charge in [0.1, 0.15) is 5.56 Å². The largest absolute Gasteiger partial charge is 0.493 e. The number of methoxy groups -OCH3 is 3. The molecule has 0 radical (unpaired) electrons. The van der Waals surface area contributed by atoms with E-state index in [1.165, 1.54) is 25.9 Å². The van der Waals surface area contributed by atoms with Crippen LogP contribution in [0.1, 0.15) is 46.5 Å². The van der Waals surface area contributed by atoms with E-state index in [4.69, 9.17) is 14.2 Å². The number of ether oxygens (including phenoxy) is 3. The van der Waals surface area contributed by atoms with Gasteiger partial charge in [0, 0.05) is 41.7 Å². The number of Topliss-reactive ketones (excluding diaryl/α,β-unsaturated/α-hetero) is 1. The normalized spacial score (nSPS) is 14.1. The summed E-state index contributed by atoms with van der Waals surface area (Å²) >= 11 is 0. The van der Waals surface area contributed by atoms with Crippen molar-refractivity contribution in [2.45, 2.75) is 26.7 Å². The molecule has 0 saturated heterocycles. The molecule has 4 rings (SSSR count). The first-order valence-corrected chi connectivity index (χ1v) is 11.2. The Labute approximate surface area is 203 Å². The number of para-hydroxylation sites is 1. The third-order valence-corrected chi connectivity index (χ3v) is 6.10. The van der Waals surface area contributed by atoms with E-state index in [1.54, 1.807) is 42.6 Å². The summed E-state index contributed by atoms with van der Waals surface area (Å²) in [6.07, 6.45) is 2.32. The van der Waals surface area contributed by atoms with Crippen molar-refractivity contribution >= 4 is 17.4 Å². The summed E-state index contributed by atoms with van der Waals surface area (Å²) in [5.41, 5.74) is 0.855. The highest BCUT2D eigenvalue weighted by molar-refractivity contribution is 6.09. The molecular weight excluding hydrogens is 448 g/mol. The zero-order valence-corrected chi connectivity index (χ0v) is 20.4. The summed E-state index contributed by atoms with van der Waals surface area (Å²) in [5, 5.41) is 2.79. The van der Waals surface area contributed by atoms with Gasteiger partial charge < -0.3 is 19.5 Å². The smallest absolute Gasteiger partial charge is 0.268 e. The molecule has 0 fully saturated rings. The van der Waals surface area contributed by atoms with Gasteiger partial charge in [-0.1, -0.05) is 32.0 Å². The third kappa shape index (κ3) is 4.51. The van der Waals surface area contributed by atoms with Crippen LogP contribution in [-0.4, -0.2) is 37.6 Å². The SMILES string of the molecule is COc1cc(NC(=O)c2c3c(cn(-c4ccccc4)c2=O)C(=O)CC(C)(C)C3)cc(OC)c1OC. The minimum atomic E-state index is -0.615. The van der Waals surface area contributed by atoms with E-state index in [2.05, 4.69) is 5.32 Å². The summed E-state index contributed by atoms with van der Waals surface area (Å²) in [5.74, 6) is 0.383. The topological polar surface area (TPSA) is 95.9 Å². The van der Waals surface area contributed by atoms with Gasteiger partial charge >= 0.3 is 0 Å². The molecule has 0 bridgehead atoms. The summed E-state index contributed by atoms with van der Waals surface area (Å²) in [4.78, 5) is 40.3. The monoisotopic (exact) mass is 476 g/mol. The van der Waals surface area contributed by atoms with E-state index in [1.807, 2.05) is 19.9 Å². The molecule has 35 heavy (non-hydrogen) atoms. The van der Waals surface area contributed by atoms with Gasteiger partial charge in [-0.3, -0.25) is 19.0 Å². The predicted octanol–water partition coefficient (Wildman–Crippen LogP) is 4.27. The van der Waals surface area contributed by atoms with Crippen LogP contribution in [0.4, 0.5) is 5.69 Å². The maximum atomic E-state index is 13.7. The molecule has 8 heteroatoms. The lowest BCUT2D eigenvalue weighted by Gasteiger charge is -2.31. The predicted molar refractivity (Wildman–Crippen MR) is 133 cm³/mol. The molecule has 2 aromatic carbocycles. The average molecular weight is 477 g/mol. The number of aromatic nitrogens is 1. The van der Waals surface area contributed by atoms with Crippen LogP contribution < -0.4 is 25.1 Å². The second kappa shape index (κ2) is 9.29. The van der Waals surface area contributed by atoms with Crippen molar-refractivity contribution in [1.29, 1.82) is 0 Å². The van der Waals surface area contributed by atoms with E-state index in [9.17, 15) is 14.4 Å². The van der Waals surface area contributed by atoms with E-state index in [0.29, 0.717) is 52.6 Å².